The van der Waals surface area contributed by atoms with E-state index in [1.807, 2.05) is 12.1 Å². The van der Waals surface area contributed by atoms with Gasteiger partial charge in [-0.2, -0.15) is 10.2 Å². The topological polar surface area (TPSA) is 89.6 Å². The van der Waals surface area contributed by atoms with Crippen molar-refractivity contribution in [3.8, 4) is 0 Å². The minimum absolute atomic E-state index is 0.491. The number of aromatic nitrogens is 4. The van der Waals surface area contributed by atoms with E-state index >= 15 is 0 Å². The van der Waals surface area contributed by atoms with E-state index in [0.717, 1.165) is 30.2 Å². The Bertz CT molecular complexity index is 538. The van der Waals surface area contributed by atoms with Gasteiger partial charge in [0, 0.05) is 18.2 Å². The van der Waals surface area contributed by atoms with Crippen LogP contribution in [0.4, 0.5) is 11.6 Å². The van der Waals surface area contributed by atoms with E-state index in [1.54, 1.807) is 12.3 Å². The Labute approximate surface area is 105 Å². The third kappa shape index (κ3) is 2.53. The third-order valence-electron chi connectivity index (χ3n) is 2.78. The molecule has 18 heavy (non-hydrogen) atoms. The Hall–Kier alpha value is -2.24. The maximum Gasteiger partial charge on any atom is 0.136 e. The minimum Gasteiger partial charge on any atom is -0.384 e. The molecular formula is C12H14N6. The molecule has 3 rings (SSSR count). The summed E-state index contributed by atoms with van der Waals surface area (Å²) in [5, 5.41) is 11.0. The van der Waals surface area contributed by atoms with Gasteiger partial charge < -0.3 is 11.1 Å². The lowest BCUT2D eigenvalue weighted by Gasteiger charge is -2.07. The van der Waals surface area contributed by atoms with Crippen molar-refractivity contribution in [3.63, 3.8) is 0 Å². The molecule has 0 radical (unpaired) electrons. The summed E-state index contributed by atoms with van der Waals surface area (Å²) < 4.78 is 0. The summed E-state index contributed by atoms with van der Waals surface area (Å²) in [6.07, 6.45) is 3.97. The summed E-state index contributed by atoms with van der Waals surface area (Å²) >= 11 is 0. The largest absolute Gasteiger partial charge is 0.384 e. The zero-order chi connectivity index (χ0) is 12.4. The van der Waals surface area contributed by atoms with Crippen molar-refractivity contribution in [2.24, 2.45) is 0 Å². The molecule has 92 valence electrons. The first-order valence-electron chi connectivity index (χ1n) is 5.96. The molecule has 0 spiro atoms. The van der Waals surface area contributed by atoms with Crippen molar-refractivity contribution < 1.29 is 0 Å². The second-order valence-corrected chi connectivity index (χ2v) is 4.38. The van der Waals surface area contributed by atoms with Crippen LogP contribution in [0, 0.1) is 0 Å². The molecule has 2 heterocycles. The van der Waals surface area contributed by atoms with Crippen molar-refractivity contribution in [1.29, 1.82) is 0 Å². The Balaban J connectivity index is 1.72. The van der Waals surface area contributed by atoms with Crippen LogP contribution >= 0.6 is 0 Å². The lowest BCUT2D eigenvalue weighted by atomic mass is 10.3. The van der Waals surface area contributed by atoms with Crippen LogP contribution in [0.25, 0.3) is 0 Å². The Kier molecular flexibility index (Phi) is 2.76. The molecule has 0 unspecified atom stereocenters. The van der Waals surface area contributed by atoms with Crippen molar-refractivity contribution in [1.82, 2.24) is 20.2 Å². The van der Waals surface area contributed by atoms with Crippen LogP contribution in [0.1, 0.15) is 30.3 Å². The molecule has 6 heteroatoms. The number of nitrogens with two attached hydrogens (primary N) is 1. The number of anilines is 2. The van der Waals surface area contributed by atoms with Crippen molar-refractivity contribution in [2.45, 2.75) is 25.3 Å². The molecule has 0 saturated heterocycles. The van der Waals surface area contributed by atoms with Gasteiger partial charge in [0.25, 0.3) is 0 Å². The predicted octanol–water partition coefficient (Wildman–Crippen LogP) is 1.34. The lowest BCUT2D eigenvalue weighted by molar-refractivity contribution is 0.900. The smallest absolute Gasteiger partial charge is 0.136 e. The quantitative estimate of drug-likeness (QED) is 0.840. The molecule has 3 N–H and O–H groups in total. The van der Waals surface area contributed by atoms with Gasteiger partial charge in [-0.25, -0.2) is 9.97 Å². The second kappa shape index (κ2) is 4.56. The highest BCUT2D eigenvalue weighted by Gasteiger charge is 2.27. The molecule has 1 aliphatic carbocycles. The van der Waals surface area contributed by atoms with E-state index in [0.29, 0.717) is 18.3 Å². The third-order valence-corrected chi connectivity index (χ3v) is 2.78. The summed E-state index contributed by atoms with van der Waals surface area (Å²) in [5.41, 5.74) is 6.64. The van der Waals surface area contributed by atoms with E-state index in [1.165, 1.54) is 0 Å². The molecule has 2 aromatic rings. The van der Waals surface area contributed by atoms with Gasteiger partial charge in [0.15, 0.2) is 0 Å². The van der Waals surface area contributed by atoms with Gasteiger partial charge in [0.2, 0.25) is 0 Å². The monoisotopic (exact) mass is 242 g/mol. The molecule has 0 aromatic carbocycles. The zero-order valence-electron chi connectivity index (χ0n) is 9.87. The van der Waals surface area contributed by atoms with Gasteiger partial charge >= 0.3 is 0 Å². The van der Waals surface area contributed by atoms with Gasteiger partial charge in [-0.3, -0.25) is 0 Å². The van der Waals surface area contributed by atoms with Gasteiger partial charge in [-0.15, -0.1) is 0 Å². The normalized spacial score (nSPS) is 14.4. The molecule has 0 aliphatic heterocycles. The molecule has 2 aromatic heterocycles. The van der Waals surface area contributed by atoms with Crippen LogP contribution in [-0.2, 0) is 6.54 Å². The Morgan fingerprint density at radius 3 is 2.94 bits per heavy atom. The zero-order valence-corrected chi connectivity index (χ0v) is 9.87. The molecule has 0 amide bonds. The summed E-state index contributed by atoms with van der Waals surface area (Å²) in [4.78, 5) is 8.71. The van der Waals surface area contributed by atoms with E-state index < -0.39 is 0 Å². The summed E-state index contributed by atoms with van der Waals surface area (Å²) in [5.74, 6) is 2.59. The fraction of sp³-hybridized carbons (Fsp3) is 0.333. The first-order valence-corrected chi connectivity index (χ1v) is 5.96. The lowest BCUT2D eigenvalue weighted by Crippen LogP contribution is -2.07. The summed E-state index contributed by atoms with van der Waals surface area (Å²) in [6.45, 7) is 0.578. The van der Waals surface area contributed by atoms with Crippen LogP contribution < -0.4 is 11.1 Å². The standard InChI is InChI=1S/C12H14N6/c13-10-6-11(17-12(16-10)8-3-4-8)14-7-9-2-1-5-15-18-9/h1-2,5-6,8H,3-4,7H2,(H3,13,14,16,17). The second-order valence-electron chi connectivity index (χ2n) is 4.38. The number of hydrogen-bond donors (Lipinski definition) is 2. The van der Waals surface area contributed by atoms with Crippen LogP contribution in [0.15, 0.2) is 24.4 Å². The highest BCUT2D eigenvalue weighted by atomic mass is 15.1. The van der Waals surface area contributed by atoms with Gasteiger partial charge in [-0.05, 0) is 25.0 Å². The van der Waals surface area contributed by atoms with Crippen LogP contribution in [0.2, 0.25) is 0 Å². The van der Waals surface area contributed by atoms with E-state index in [9.17, 15) is 0 Å². The number of nitrogen functional groups attached to an aromatic ring is 1. The van der Waals surface area contributed by atoms with Crippen molar-refractivity contribution >= 4 is 11.6 Å². The van der Waals surface area contributed by atoms with Crippen molar-refractivity contribution in [2.75, 3.05) is 11.1 Å². The molecular weight excluding hydrogens is 228 g/mol. The number of rotatable bonds is 4. The molecule has 1 saturated carbocycles. The first-order chi connectivity index (χ1) is 8.81. The number of hydrogen-bond acceptors (Lipinski definition) is 6. The van der Waals surface area contributed by atoms with Gasteiger partial charge in [0.05, 0.1) is 12.2 Å². The van der Waals surface area contributed by atoms with E-state index in [2.05, 4.69) is 25.5 Å². The van der Waals surface area contributed by atoms with Crippen LogP contribution in [0.5, 0.6) is 0 Å². The van der Waals surface area contributed by atoms with Gasteiger partial charge in [-0.1, -0.05) is 0 Å². The number of nitrogens with zero attached hydrogens (tertiary/aromatic N) is 4. The average molecular weight is 242 g/mol. The minimum atomic E-state index is 0.491. The first kappa shape index (κ1) is 10.9. The van der Waals surface area contributed by atoms with Crippen LogP contribution in [-0.4, -0.2) is 20.2 Å². The highest BCUT2D eigenvalue weighted by molar-refractivity contribution is 5.45. The maximum atomic E-state index is 5.77. The fourth-order valence-corrected chi connectivity index (χ4v) is 1.71. The molecule has 1 fully saturated rings. The molecule has 0 atom stereocenters. The predicted molar refractivity (Wildman–Crippen MR) is 67.8 cm³/mol. The molecule has 0 bridgehead atoms. The Morgan fingerprint density at radius 1 is 1.33 bits per heavy atom. The Morgan fingerprint density at radius 2 is 2.22 bits per heavy atom. The summed E-state index contributed by atoms with van der Waals surface area (Å²) in [6, 6.07) is 5.50. The van der Waals surface area contributed by atoms with E-state index in [4.69, 9.17) is 5.73 Å². The average Bonchev–Trinajstić information content (AvgIpc) is 3.21. The molecule has 1 aliphatic rings. The highest BCUT2D eigenvalue weighted by Crippen LogP contribution is 2.38. The maximum absolute atomic E-state index is 5.77. The number of nitrogens with one attached hydrogen (secondary N) is 1. The van der Waals surface area contributed by atoms with Crippen LogP contribution in [0.3, 0.4) is 0 Å². The van der Waals surface area contributed by atoms with Gasteiger partial charge in [0.1, 0.15) is 17.5 Å². The molecule has 6 nitrogen and oxygen atoms in total. The van der Waals surface area contributed by atoms with E-state index in [-0.39, 0.29) is 0 Å². The SMILES string of the molecule is Nc1cc(NCc2cccnn2)nc(C2CC2)n1. The van der Waals surface area contributed by atoms with Crippen molar-refractivity contribution in [3.05, 3.63) is 35.9 Å². The fourth-order valence-electron chi connectivity index (χ4n) is 1.71. The summed E-state index contributed by atoms with van der Waals surface area (Å²) in [7, 11) is 0.